The first-order valence-corrected chi connectivity index (χ1v) is 5.30. The van der Waals surface area contributed by atoms with Crippen LogP contribution in [0.2, 0.25) is 0 Å². The second-order valence-electron chi connectivity index (χ2n) is 3.42. The molecule has 0 bridgehead atoms. The lowest BCUT2D eigenvalue weighted by molar-refractivity contribution is 0.193. The normalized spacial score (nSPS) is 12.7. The van der Waals surface area contributed by atoms with Crippen molar-refractivity contribution in [3.63, 3.8) is 0 Å². The van der Waals surface area contributed by atoms with E-state index in [1.807, 2.05) is 19.9 Å². The van der Waals surface area contributed by atoms with Crippen molar-refractivity contribution in [1.29, 1.82) is 0 Å². The van der Waals surface area contributed by atoms with E-state index in [1.54, 1.807) is 14.0 Å². The second-order valence-corrected chi connectivity index (χ2v) is 4.28. The van der Waals surface area contributed by atoms with Gasteiger partial charge in [0, 0.05) is 10.0 Å². The van der Waals surface area contributed by atoms with Crippen LogP contribution in [0.4, 0.5) is 0 Å². The predicted molar refractivity (Wildman–Crippen MR) is 60.8 cm³/mol. The maximum atomic E-state index is 9.66. The van der Waals surface area contributed by atoms with Crippen molar-refractivity contribution in [2.45, 2.75) is 26.9 Å². The van der Waals surface area contributed by atoms with Crippen molar-refractivity contribution in [3.8, 4) is 5.75 Å². The fourth-order valence-corrected chi connectivity index (χ4v) is 2.21. The maximum absolute atomic E-state index is 9.66. The van der Waals surface area contributed by atoms with E-state index < -0.39 is 6.10 Å². The number of ether oxygens (including phenoxy) is 1. The number of halogens is 1. The molecule has 1 N–H and O–H groups in total. The molecule has 0 heterocycles. The van der Waals surface area contributed by atoms with E-state index in [0.717, 1.165) is 26.9 Å². The lowest BCUT2D eigenvalue weighted by Gasteiger charge is -2.17. The van der Waals surface area contributed by atoms with Crippen LogP contribution in [0.1, 0.15) is 29.7 Å². The molecule has 0 fully saturated rings. The molecule has 0 radical (unpaired) electrons. The van der Waals surface area contributed by atoms with E-state index in [0.29, 0.717) is 0 Å². The summed E-state index contributed by atoms with van der Waals surface area (Å²) in [5.74, 6) is 0.778. The summed E-state index contributed by atoms with van der Waals surface area (Å²) in [5.41, 5.74) is 2.92. The van der Waals surface area contributed by atoms with Crippen molar-refractivity contribution < 1.29 is 9.84 Å². The van der Waals surface area contributed by atoms with Gasteiger partial charge in [0.15, 0.2) is 0 Å². The summed E-state index contributed by atoms with van der Waals surface area (Å²) in [6.07, 6.45) is -0.513. The zero-order valence-electron chi connectivity index (χ0n) is 8.89. The van der Waals surface area contributed by atoms with Crippen LogP contribution in [0.5, 0.6) is 5.75 Å². The van der Waals surface area contributed by atoms with E-state index in [4.69, 9.17) is 4.74 Å². The van der Waals surface area contributed by atoms with Crippen molar-refractivity contribution in [1.82, 2.24) is 0 Å². The third-order valence-electron chi connectivity index (χ3n) is 2.33. The van der Waals surface area contributed by atoms with Gasteiger partial charge in [-0.25, -0.2) is 0 Å². The van der Waals surface area contributed by atoms with Crippen LogP contribution in [0, 0.1) is 13.8 Å². The van der Waals surface area contributed by atoms with Crippen LogP contribution in [-0.2, 0) is 0 Å². The Balaban J connectivity index is 3.48. The van der Waals surface area contributed by atoms with Gasteiger partial charge in [-0.3, -0.25) is 0 Å². The van der Waals surface area contributed by atoms with Gasteiger partial charge in [0.2, 0.25) is 0 Å². The van der Waals surface area contributed by atoms with Crippen molar-refractivity contribution >= 4 is 15.9 Å². The average molecular weight is 259 g/mol. The molecule has 1 unspecified atom stereocenters. The molecule has 1 aromatic carbocycles. The first-order chi connectivity index (χ1) is 6.49. The number of hydrogen-bond donors (Lipinski definition) is 1. The van der Waals surface area contributed by atoms with Crippen molar-refractivity contribution in [3.05, 3.63) is 27.2 Å². The largest absolute Gasteiger partial charge is 0.496 e. The van der Waals surface area contributed by atoms with Crippen LogP contribution in [0.15, 0.2) is 10.5 Å². The van der Waals surface area contributed by atoms with Gasteiger partial charge in [-0.2, -0.15) is 0 Å². The average Bonchev–Trinajstić information content (AvgIpc) is 2.10. The summed E-state index contributed by atoms with van der Waals surface area (Å²) in [7, 11) is 1.63. The molecule has 0 aromatic heterocycles. The Morgan fingerprint density at radius 1 is 1.43 bits per heavy atom. The number of rotatable bonds is 2. The lowest BCUT2D eigenvalue weighted by atomic mass is 10.00. The highest BCUT2D eigenvalue weighted by Crippen LogP contribution is 2.35. The summed E-state index contributed by atoms with van der Waals surface area (Å²) in [6, 6.07) is 2.00. The summed E-state index contributed by atoms with van der Waals surface area (Å²) in [6.45, 7) is 5.68. The minimum absolute atomic E-state index is 0.513. The fraction of sp³-hybridized carbons (Fsp3) is 0.455. The minimum Gasteiger partial charge on any atom is -0.496 e. The van der Waals surface area contributed by atoms with Crippen LogP contribution < -0.4 is 4.74 Å². The molecule has 0 aliphatic carbocycles. The third kappa shape index (κ3) is 1.93. The lowest BCUT2D eigenvalue weighted by Crippen LogP contribution is -2.02. The van der Waals surface area contributed by atoms with Gasteiger partial charge < -0.3 is 9.84 Å². The Labute approximate surface area is 93.0 Å². The Hall–Kier alpha value is -0.540. The van der Waals surface area contributed by atoms with Crippen LogP contribution in [0.3, 0.4) is 0 Å². The summed E-state index contributed by atoms with van der Waals surface area (Å²) in [4.78, 5) is 0. The van der Waals surface area contributed by atoms with Crippen LogP contribution in [0.25, 0.3) is 0 Å². The number of benzene rings is 1. The standard InChI is InChI=1S/C11H15BrO2/c1-6-5-9(12)7(2)10(8(3)13)11(6)14-4/h5,8,13H,1-4H3. The van der Waals surface area contributed by atoms with Gasteiger partial charge in [-0.05, 0) is 38.0 Å². The quantitative estimate of drug-likeness (QED) is 0.884. The van der Waals surface area contributed by atoms with E-state index in [-0.39, 0.29) is 0 Å². The highest BCUT2D eigenvalue weighted by Gasteiger charge is 2.16. The van der Waals surface area contributed by atoms with E-state index >= 15 is 0 Å². The number of aliphatic hydroxyl groups is 1. The molecule has 0 aliphatic rings. The smallest absolute Gasteiger partial charge is 0.127 e. The molecule has 78 valence electrons. The van der Waals surface area contributed by atoms with E-state index in [9.17, 15) is 5.11 Å². The SMILES string of the molecule is COc1c(C)cc(Br)c(C)c1C(C)O. The molecular formula is C11H15BrO2. The van der Waals surface area contributed by atoms with Gasteiger partial charge in [0.25, 0.3) is 0 Å². The second kappa shape index (κ2) is 4.32. The highest BCUT2D eigenvalue weighted by molar-refractivity contribution is 9.10. The number of aliphatic hydroxyl groups excluding tert-OH is 1. The molecule has 0 amide bonds. The predicted octanol–water partition coefficient (Wildman–Crippen LogP) is 3.13. The van der Waals surface area contributed by atoms with Crippen molar-refractivity contribution in [2.75, 3.05) is 7.11 Å². The fourth-order valence-electron chi connectivity index (χ4n) is 1.65. The summed E-state index contributed by atoms with van der Waals surface area (Å²) < 4.78 is 6.30. The highest BCUT2D eigenvalue weighted by atomic mass is 79.9. The molecule has 0 saturated carbocycles. The molecule has 0 saturated heterocycles. The van der Waals surface area contributed by atoms with Gasteiger partial charge in [0.1, 0.15) is 5.75 Å². The first-order valence-electron chi connectivity index (χ1n) is 4.50. The van der Waals surface area contributed by atoms with Gasteiger partial charge >= 0.3 is 0 Å². The number of aryl methyl sites for hydroxylation is 1. The Morgan fingerprint density at radius 2 is 2.00 bits per heavy atom. The molecule has 0 spiro atoms. The Morgan fingerprint density at radius 3 is 2.43 bits per heavy atom. The molecular weight excluding hydrogens is 244 g/mol. The molecule has 1 aromatic rings. The van der Waals surface area contributed by atoms with Gasteiger partial charge in [0.05, 0.1) is 13.2 Å². The summed E-state index contributed by atoms with van der Waals surface area (Å²) >= 11 is 3.46. The van der Waals surface area contributed by atoms with E-state index in [2.05, 4.69) is 15.9 Å². The van der Waals surface area contributed by atoms with Gasteiger partial charge in [-0.1, -0.05) is 15.9 Å². The van der Waals surface area contributed by atoms with Gasteiger partial charge in [-0.15, -0.1) is 0 Å². The van der Waals surface area contributed by atoms with Crippen LogP contribution in [-0.4, -0.2) is 12.2 Å². The summed E-state index contributed by atoms with van der Waals surface area (Å²) in [5, 5.41) is 9.66. The molecule has 14 heavy (non-hydrogen) atoms. The zero-order chi connectivity index (χ0) is 10.9. The number of hydrogen-bond acceptors (Lipinski definition) is 2. The van der Waals surface area contributed by atoms with Crippen molar-refractivity contribution in [2.24, 2.45) is 0 Å². The molecule has 1 atom stereocenters. The zero-order valence-corrected chi connectivity index (χ0v) is 10.5. The Bertz CT molecular complexity index is 346. The maximum Gasteiger partial charge on any atom is 0.127 e. The number of methoxy groups -OCH3 is 1. The van der Waals surface area contributed by atoms with Crippen LogP contribution >= 0.6 is 15.9 Å². The minimum atomic E-state index is -0.513. The first kappa shape index (κ1) is 11.5. The third-order valence-corrected chi connectivity index (χ3v) is 3.15. The molecule has 3 heteroatoms. The Kier molecular flexibility index (Phi) is 3.56. The topological polar surface area (TPSA) is 29.5 Å². The van der Waals surface area contributed by atoms with E-state index in [1.165, 1.54) is 0 Å². The molecule has 2 nitrogen and oxygen atoms in total. The molecule has 1 rings (SSSR count). The molecule has 0 aliphatic heterocycles. The monoisotopic (exact) mass is 258 g/mol.